The molecule has 4 heteroatoms. The molecule has 1 fully saturated rings. The van der Waals surface area contributed by atoms with Gasteiger partial charge in [0.05, 0.1) is 20.3 Å². The molecule has 0 saturated carbocycles. The van der Waals surface area contributed by atoms with E-state index in [0.29, 0.717) is 0 Å². The molecule has 0 aromatic heterocycles. The summed E-state index contributed by atoms with van der Waals surface area (Å²) in [6.07, 6.45) is -0.164. The molecule has 1 saturated heterocycles. The number of likely N-dealkylation sites (N-methyl/N-ethyl adjacent to an activating group) is 1. The molecule has 1 aliphatic heterocycles. The van der Waals surface area contributed by atoms with Crippen LogP contribution in [0.2, 0.25) is 0 Å². The lowest BCUT2D eigenvalue weighted by Crippen LogP contribution is -3.15. The highest BCUT2D eigenvalue weighted by atomic mass is 16.5. The number of nitrogens with one attached hydrogen (secondary N) is 1. The highest BCUT2D eigenvalue weighted by Crippen LogP contribution is 1.77. The minimum Gasteiger partial charge on any atom is -0.382 e. The zero-order chi connectivity index (χ0) is 8.81. The molecule has 0 radical (unpaired) electrons. The Morgan fingerprint density at radius 2 is 2.17 bits per heavy atom. The smallest absolute Gasteiger partial charge is 0.151 e. The summed E-state index contributed by atoms with van der Waals surface area (Å²) in [6, 6.07) is 0. The lowest BCUT2D eigenvalue weighted by atomic mass is 10.3. The van der Waals surface area contributed by atoms with Gasteiger partial charge in [-0.05, 0) is 0 Å². The van der Waals surface area contributed by atoms with Crippen molar-refractivity contribution in [3.63, 3.8) is 0 Å². The molecule has 0 bridgehead atoms. The first-order valence-electron chi connectivity index (χ1n) is 4.70. The Bertz CT molecular complexity index is 116. The molecule has 0 aromatic rings. The summed E-state index contributed by atoms with van der Waals surface area (Å²) in [7, 11) is 1.98. The normalized spacial score (nSPS) is 22.5. The van der Waals surface area contributed by atoms with E-state index in [-0.39, 0.29) is 6.10 Å². The van der Waals surface area contributed by atoms with Gasteiger partial charge in [-0.15, -0.1) is 0 Å². The quantitative estimate of drug-likeness (QED) is 0.415. The van der Waals surface area contributed by atoms with Crippen LogP contribution in [-0.2, 0) is 4.74 Å². The minimum atomic E-state index is -0.164. The van der Waals surface area contributed by atoms with Gasteiger partial charge in [-0.25, -0.2) is 0 Å². The van der Waals surface area contributed by atoms with E-state index in [1.165, 1.54) is 4.90 Å². The molecular weight excluding hydrogens is 156 g/mol. The van der Waals surface area contributed by atoms with E-state index in [4.69, 9.17) is 4.74 Å². The van der Waals surface area contributed by atoms with Crippen LogP contribution in [-0.4, -0.2) is 57.7 Å². The largest absolute Gasteiger partial charge is 0.382 e. The second kappa shape index (κ2) is 5.48. The average molecular weight is 176 g/mol. The number of hydrogen-bond acceptors (Lipinski definition) is 2. The van der Waals surface area contributed by atoms with E-state index < -0.39 is 0 Å². The van der Waals surface area contributed by atoms with Gasteiger partial charge in [0, 0.05) is 0 Å². The van der Waals surface area contributed by atoms with E-state index in [1.807, 2.05) is 12.4 Å². The molecule has 0 unspecified atom stereocenters. The van der Waals surface area contributed by atoms with Gasteiger partial charge in [-0.3, -0.25) is 0 Å². The van der Waals surface area contributed by atoms with Crippen LogP contribution in [0.15, 0.2) is 0 Å². The number of hydrogen-bond donors (Lipinski definition) is 3. The molecular formula is C8H20N2O2+2. The summed E-state index contributed by atoms with van der Waals surface area (Å²) < 4.78 is 5.23. The van der Waals surface area contributed by atoms with Crippen molar-refractivity contribution in [2.45, 2.75) is 6.10 Å². The molecule has 1 rings (SSSR count). The van der Waals surface area contributed by atoms with Crippen molar-refractivity contribution in [2.24, 2.45) is 0 Å². The predicted molar refractivity (Wildman–Crippen MR) is 45.1 cm³/mol. The van der Waals surface area contributed by atoms with Crippen molar-refractivity contribution >= 4 is 0 Å². The molecule has 4 N–H and O–H groups in total. The van der Waals surface area contributed by atoms with Gasteiger partial charge >= 0.3 is 0 Å². The number of aliphatic hydroxyl groups is 1. The standard InChI is InChI=1S/C8H18N2O2/c1-9-6-8(11)7-10-2-4-12-5-3-10/h8-9,11H,2-7H2,1H3/p+2/t8-/m1/s1. The second-order valence-electron chi connectivity index (χ2n) is 3.36. The fourth-order valence-corrected chi connectivity index (χ4v) is 1.55. The summed E-state index contributed by atoms with van der Waals surface area (Å²) in [5.41, 5.74) is 0. The topological polar surface area (TPSA) is 50.5 Å². The highest BCUT2D eigenvalue weighted by Gasteiger charge is 2.18. The summed E-state index contributed by atoms with van der Waals surface area (Å²) in [6.45, 7) is 5.45. The number of morpholine rings is 1. The number of nitrogens with two attached hydrogens (primary N) is 1. The Morgan fingerprint density at radius 3 is 2.75 bits per heavy atom. The van der Waals surface area contributed by atoms with Crippen molar-refractivity contribution in [3.05, 3.63) is 0 Å². The average Bonchev–Trinajstić information content (AvgIpc) is 2.06. The zero-order valence-corrected chi connectivity index (χ0v) is 7.75. The van der Waals surface area contributed by atoms with Crippen molar-refractivity contribution in [1.82, 2.24) is 0 Å². The molecule has 4 nitrogen and oxygen atoms in total. The zero-order valence-electron chi connectivity index (χ0n) is 7.75. The monoisotopic (exact) mass is 176 g/mol. The van der Waals surface area contributed by atoms with E-state index in [1.54, 1.807) is 0 Å². The number of rotatable bonds is 4. The van der Waals surface area contributed by atoms with Gasteiger partial charge in [0.15, 0.2) is 6.10 Å². The third-order valence-corrected chi connectivity index (χ3v) is 2.23. The first-order valence-corrected chi connectivity index (χ1v) is 4.70. The van der Waals surface area contributed by atoms with Gasteiger partial charge in [0.2, 0.25) is 0 Å². The SMILES string of the molecule is C[NH2+]C[C@@H](O)C[NH+]1CCOCC1. The van der Waals surface area contributed by atoms with Crippen molar-refractivity contribution in [2.75, 3.05) is 46.4 Å². The van der Waals surface area contributed by atoms with Crippen molar-refractivity contribution < 1.29 is 20.1 Å². The Hall–Kier alpha value is -0.160. The Balaban J connectivity index is 2.11. The second-order valence-corrected chi connectivity index (χ2v) is 3.36. The fraction of sp³-hybridized carbons (Fsp3) is 1.00. The summed E-state index contributed by atoms with van der Waals surface area (Å²) >= 11 is 0. The number of aliphatic hydroxyl groups excluding tert-OH is 1. The number of quaternary nitrogens is 2. The number of ether oxygens (including phenoxy) is 1. The summed E-state index contributed by atoms with van der Waals surface area (Å²) in [5.74, 6) is 0. The summed E-state index contributed by atoms with van der Waals surface area (Å²) in [5, 5.41) is 11.5. The Morgan fingerprint density at radius 1 is 1.50 bits per heavy atom. The van der Waals surface area contributed by atoms with Gasteiger partial charge in [-0.1, -0.05) is 0 Å². The van der Waals surface area contributed by atoms with E-state index >= 15 is 0 Å². The van der Waals surface area contributed by atoms with E-state index in [9.17, 15) is 5.11 Å². The van der Waals surface area contributed by atoms with E-state index in [0.717, 1.165) is 39.4 Å². The summed E-state index contributed by atoms with van der Waals surface area (Å²) in [4.78, 5) is 1.47. The molecule has 1 aliphatic rings. The minimum absolute atomic E-state index is 0.164. The third kappa shape index (κ3) is 3.49. The molecule has 1 atom stereocenters. The maximum absolute atomic E-state index is 9.51. The molecule has 0 aliphatic carbocycles. The van der Waals surface area contributed by atoms with Crippen molar-refractivity contribution in [3.8, 4) is 0 Å². The van der Waals surface area contributed by atoms with Gasteiger partial charge < -0.3 is 20.1 Å². The van der Waals surface area contributed by atoms with Crippen LogP contribution in [0, 0.1) is 0 Å². The maximum Gasteiger partial charge on any atom is 0.151 e. The first-order chi connectivity index (χ1) is 5.83. The lowest BCUT2D eigenvalue weighted by Gasteiger charge is -2.25. The van der Waals surface area contributed by atoms with Gasteiger partial charge in [-0.2, -0.15) is 0 Å². The van der Waals surface area contributed by atoms with Crippen LogP contribution >= 0.6 is 0 Å². The maximum atomic E-state index is 9.51. The molecule has 0 spiro atoms. The molecule has 0 amide bonds. The van der Waals surface area contributed by atoms with Gasteiger partial charge in [0.1, 0.15) is 26.2 Å². The highest BCUT2D eigenvalue weighted by molar-refractivity contribution is 4.49. The molecule has 72 valence electrons. The fourth-order valence-electron chi connectivity index (χ4n) is 1.55. The molecule has 12 heavy (non-hydrogen) atoms. The molecule has 0 aromatic carbocycles. The Kier molecular flexibility index (Phi) is 4.53. The Labute approximate surface area is 73.5 Å². The van der Waals surface area contributed by atoms with E-state index in [2.05, 4.69) is 0 Å². The van der Waals surface area contributed by atoms with Crippen LogP contribution in [0.1, 0.15) is 0 Å². The molecule has 1 heterocycles. The van der Waals surface area contributed by atoms with Crippen LogP contribution in [0.5, 0.6) is 0 Å². The lowest BCUT2D eigenvalue weighted by molar-refractivity contribution is -0.912. The van der Waals surface area contributed by atoms with Gasteiger partial charge in [0.25, 0.3) is 0 Å². The van der Waals surface area contributed by atoms with Crippen LogP contribution in [0.4, 0.5) is 0 Å². The first kappa shape index (κ1) is 9.92. The van der Waals surface area contributed by atoms with Crippen LogP contribution < -0.4 is 10.2 Å². The predicted octanol–water partition coefficient (Wildman–Crippen LogP) is -3.54. The van der Waals surface area contributed by atoms with Crippen LogP contribution in [0.25, 0.3) is 0 Å². The third-order valence-electron chi connectivity index (χ3n) is 2.23. The van der Waals surface area contributed by atoms with Crippen LogP contribution in [0.3, 0.4) is 0 Å². The van der Waals surface area contributed by atoms with Crippen molar-refractivity contribution in [1.29, 1.82) is 0 Å².